The van der Waals surface area contributed by atoms with Gasteiger partial charge in [0.1, 0.15) is 0 Å². The molecule has 2 aromatic carbocycles. The van der Waals surface area contributed by atoms with Gasteiger partial charge in [0.25, 0.3) is 0 Å². The minimum absolute atomic E-state index is 0. The average molecular weight is 842 g/mol. The van der Waals surface area contributed by atoms with E-state index in [0.29, 0.717) is 0 Å². The molecule has 2 rings (SSSR count). The van der Waals surface area contributed by atoms with Crippen LogP contribution in [0.2, 0.25) is 0 Å². The second-order valence-electron chi connectivity index (χ2n) is 15.8. The van der Waals surface area contributed by atoms with Crippen LogP contribution in [0, 0.1) is 11.8 Å². The minimum atomic E-state index is 0. The topological polar surface area (TPSA) is 24.7 Å². The first-order chi connectivity index (χ1) is 26.6. The van der Waals surface area contributed by atoms with Crippen LogP contribution >= 0.6 is 0 Å². The molecule has 0 fully saturated rings. The van der Waals surface area contributed by atoms with Gasteiger partial charge in [-0.2, -0.15) is 0 Å². The summed E-state index contributed by atoms with van der Waals surface area (Å²) in [7, 11) is 0. The Labute approximate surface area is 355 Å². The van der Waals surface area contributed by atoms with E-state index in [1.165, 1.54) is 159 Å². The monoisotopic (exact) mass is 841 g/mol. The molecule has 0 heterocycles. The molecule has 0 atom stereocenters. The predicted octanol–water partition coefficient (Wildman–Crippen LogP) is 17.2. The van der Waals surface area contributed by atoms with Gasteiger partial charge in [-0.15, -0.1) is 0 Å². The Hall–Kier alpha value is -2.26. The number of nitrogens with zero attached hydrogens (tertiary/aromatic N) is 2. The molecule has 0 aromatic heterocycles. The summed E-state index contributed by atoms with van der Waals surface area (Å²) in [5.41, 5.74) is 8.15. The van der Waals surface area contributed by atoms with Gasteiger partial charge in [-0.25, -0.2) is 4.99 Å². The molecule has 2 nitrogen and oxygen atoms in total. The molecule has 2 aromatic rings. The van der Waals surface area contributed by atoms with E-state index in [1.807, 2.05) is 0 Å². The van der Waals surface area contributed by atoms with E-state index in [0.717, 1.165) is 66.9 Å². The van der Waals surface area contributed by atoms with Crippen molar-refractivity contribution >= 4 is 22.8 Å². The summed E-state index contributed by atoms with van der Waals surface area (Å²) in [4.78, 5) is 10.9. The van der Waals surface area contributed by atoms with Crippen molar-refractivity contribution in [2.45, 2.75) is 221 Å². The fourth-order valence-corrected chi connectivity index (χ4v) is 7.11. The van der Waals surface area contributed by atoms with Crippen molar-refractivity contribution in [2.24, 2.45) is 9.98 Å². The second kappa shape index (κ2) is 36.1. The van der Waals surface area contributed by atoms with Gasteiger partial charge in [-0.1, -0.05) is 187 Å². The molecule has 0 saturated carbocycles. The van der Waals surface area contributed by atoms with Crippen LogP contribution in [0.1, 0.15) is 225 Å². The second-order valence-corrected chi connectivity index (χ2v) is 15.8. The van der Waals surface area contributed by atoms with Crippen molar-refractivity contribution < 1.29 is 20.4 Å². The van der Waals surface area contributed by atoms with E-state index >= 15 is 0 Å². The van der Waals surface area contributed by atoms with Gasteiger partial charge >= 0.3 is 0 Å². The van der Waals surface area contributed by atoms with Crippen molar-refractivity contribution in [3.63, 3.8) is 0 Å². The van der Waals surface area contributed by atoms with Crippen LogP contribution < -0.4 is 0 Å². The SMILES string of the molecule is CCCCCCCCCC=CC(=Nc1cc(CCCCC)cc(CCCCC)c1)C(CCCCC)=Nc1cccc(C#CCCCCCCCCCC)c1.[Pd]. The Balaban J connectivity index is 0.0000151. The first kappa shape index (κ1) is 50.8. The number of benzene rings is 2. The van der Waals surface area contributed by atoms with Gasteiger partial charge in [0.2, 0.25) is 0 Å². The zero-order valence-electron chi connectivity index (χ0n) is 36.4. The van der Waals surface area contributed by atoms with Gasteiger partial charge in [-0.05, 0) is 105 Å². The van der Waals surface area contributed by atoms with E-state index in [9.17, 15) is 0 Å². The van der Waals surface area contributed by atoms with Crippen molar-refractivity contribution in [3.8, 4) is 11.8 Å². The number of aryl methyl sites for hydroxylation is 2. The molecule has 0 unspecified atom stereocenters. The van der Waals surface area contributed by atoms with E-state index in [4.69, 9.17) is 9.98 Å². The van der Waals surface area contributed by atoms with Crippen molar-refractivity contribution in [3.05, 3.63) is 71.3 Å². The van der Waals surface area contributed by atoms with Crippen molar-refractivity contribution in [2.75, 3.05) is 0 Å². The fourth-order valence-electron chi connectivity index (χ4n) is 7.11. The third-order valence-corrected chi connectivity index (χ3v) is 10.5. The maximum atomic E-state index is 5.48. The molecule has 0 bridgehead atoms. The van der Waals surface area contributed by atoms with Crippen molar-refractivity contribution in [1.29, 1.82) is 0 Å². The Morgan fingerprint density at radius 3 is 1.65 bits per heavy atom. The Bertz CT molecular complexity index is 1350. The summed E-state index contributed by atoms with van der Waals surface area (Å²) in [6.07, 6.45) is 41.0. The summed E-state index contributed by atoms with van der Waals surface area (Å²) in [5, 5.41) is 0. The Morgan fingerprint density at radius 1 is 0.527 bits per heavy atom. The number of aliphatic imine (C=N–C) groups is 2. The van der Waals surface area contributed by atoms with Crippen LogP contribution in [0.25, 0.3) is 0 Å². The molecule has 0 aliphatic carbocycles. The van der Waals surface area contributed by atoms with Gasteiger partial charge in [-0.3, -0.25) is 4.99 Å². The first-order valence-corrected chi connectivity index (χ1v) is 23.2. The van der Waals surface area contributed by atoms with Crippen LogP contribution in [0.3, 0.4) is 0 Å². The van der Waals surface area contributed by atoms with Gasteiger partial charge in [0.15, 0.2) is 0 Å². The van der Waals surface area contributed by atoms with Crippen molar-refractivity contribution in [1.82, 2.24) is 0 Å². The van der Waals surface area contributed by atoms with Crippen LogP contribution in [-0.2, 0) is 33.3 Å². The molecule has 0 aliphatic rings. The molecular weight excluding hydrogens is 759 g/mol. The molecular formula is C52H82N2Pd. The maximum absolute atomic E-state index is 5.48. The van der Waals surface area contributed by atoms with E-state index in [-0.39, 0.29) is 20.4 Å². The number of hydrogen-bond acceptors (Lipinski definition) is 2. The molecule has 0 amide bonds. The normalized spacial score (nSPS) is 11.9. The van der Waals surface area contributed by atoms with Gasteiger partial charge in [0.05, 0.1) is 22.8 Å². The van der Waals surface area contributed by atoms with Crippen LogP contribution in [-0.4, -0.2) is 11.4 Å². The molecule has 0 spiro atoms. The minimum Gasteiger partial charge on any atom is -0.251 e. The van der Waals surface area contributed by atoms with E-state index in [1.54, 1.807) is 0 Å². The van der Waals surface area contributed by atoms with E-state index in [2.05, 4.69) is 101 Å². The van der Waals surface area contributed by atoms with Crippen LogP contribution in [0.15, 0.2) is 64.6 Å². The largest absolute Gasteiger partial charge is 0.251 e. The van der Waals surface area contributed by atoms with E-state index < -0.39 is 0 Å². The molecule has 0 aliphatic heterocycles. The van der Waals surface area contributed by atoms with Crippen LogP contribution in [0.5, 0.6) is 0 Å². The molecule has 310 valence electrons. The number of allylic oxidation sites excluding steroid dienone is 2. The number of unbranched alkanes of at least 4 members (excludes halogenated alkanes) is 21. The molecule has 0 N–H and O–H groups in total. The summed E-state index contributed by atoms with van der Waals surface area (Å²) >= 11 is 0. The van der Waals surface area contributed by atoms with Crippen LogP contribution in [0.4, 0.5) is 11.4 Å². The molecule has 0 radical (unpaired) electrons. The zero-order chi connectivity index (χ0) is 38.7. The summed E-state index contributed by atoms with van der Waals surface area (Å²) in [5.74, 6) is 6.92. The number of rotatable bonds is 32. The molecule has 0 saturated heterocycles. The first-order valence-electron chi connectivity index (χ1n) is 23.2. The third kappa shape index (κ3) is 26.3. The number of hydrogen-bond donors (Lipinski definition) is 0. The summed E-state index contributed by atoms with van der Waals surface area (Å²) in [6.45, 7) is 11.5. The smallest absolute Gasteiger partial charge is 0.0848 e. The quantitative estimate of drug-likeness (QED) is 0.0303. The fraction of sp³-hybridized carbons (Fsp3) is 0.654. The summed E-state index contributed by atoms with van der Waals surface area (Å²) < 4.78 is 0. The maximum Gasteiger partial charge on any atom is 0.0848 e. The third-order valence-electron chi connectivity index (χ3n) is 10.5. The van der Waals surface area contributed by atoms with Gasteiger partial charge in [0, 0.05) is 32.4 Å². The summed E-state index contributed by atoms with van der Waals surface area (Å²) in [6, 6.07) is 15.8. The zero-order valence-corrected chi connectivity index (χ0v) is 38.0. The van der Waals surface area contributed by atoms with Gasteiger partial charge < -0.3 is 0 Å². The Kier molecular flexibility index (Phi) is 33.3. The predicted molar refractivity (Wildman–Crippen MR) is 244 cm³/mol. The standard InChI is InChI=1S/C52H82N2.Pd/c1-6-11-16-18-20-22-24-25-27-32-35-46-38-34-39-49(43-46)53-51(40-31-15-10-5)52(41-33-28-26-23-21-19-17-12-7-2)54-50-44-47(36-29-13-8-3)42-48(45-50)37-30-14-9-4;/h33-34,38-39,41-45H,6-31,36-37,40H2,1-5H3;. The molecule has 3 heteroatoms. The molecule has 55 heavy (non-hydrogen) atoms. The Morgan fingerprint density at radius 2 is 1.05 bits per heavy atom. The average Bonchev–Trinajstić information content (AvgIpc) is 3.17.